The van der Waals surface area contributed by atoms with Crippen LogP contribution in [-0.2, 0) is 13.6 Å². The van der Waals surface area contributed by atoms with E-state index in [1.165, 1.54) is 16.3 Å². The molecule has 18 heavy (non-hydrogen) atoms. The molecule has 0 atom stereocenters. The van der Waals surface area contributed by atoms with Gasteiger partial charge in [-0.05, 0) is 29.9 Å². The summed E-state index contributed by atoms with van der Waals surface area (Å²) >= 11 is 1.38. The van der Waals surface area contributed by atoms with Gasteiger partial charge >= 0.3 is 5.69 Å². The van der Waals surface area contributed by atoms with Gasteiger partial charge in [0, 0.05) is 19.8 Å². The summed E-state index contributed by atoms with van der Waals surface area (Å²) in [6, 6.07) is 3.92. The molecule has 2 rings (SSSR count). The number of nitrogens with one attached hydrogen (secondary N) is 2. The zero-order chi connectivity index (χ0) is 13.0. The number of hydrogen-bond acceptors (Lipinski definition) is 5. The van der Waals surface area contributed by atoms with Crippen LogP contribution < -0.4 is 11.0 Å². The first-order valence-electron chi connectivity index (χ1n) is 5.66. The molecule has 2 N–H and O–H groups in total. The van der Waals surface area contributed by atoms with Gasteiger partial charge in [0.25, 0.3) is 0 Å². The lowest BCUT2D eigenvalue weighted by Crippen LogP contribution is -2.14. The molecule has 0 radical (unpaired) electrons. The van der Waals surface area contributed by atoms with E-state index in [-0.39, 0.29) is 5.69 Å². The fraction of sp³-hybridized carbons (Fsp3) is 0.364. The predicted molar refractivity (Wildman–Crippen MR) is 69.6 cm³/mol. The molecule has 2 aromatic heterocycles. The second-order valence-corrected chi connectivity index (χ2v) is 4.68. The average Bonchev–Trinajstić information content (AvgIpc) is 2.70. The number of hydrogen-bond donors (Lipinski definition) is 2. The van der Waals surface area contributed by atoms with Gasteiger partial charge in [0.05, 0.1) is 0 Å². The van der Waals surface area contributed by atoms with Crippen molar-refractivity contribution in [3.8, 4) is 0 Å². The van der Waals surface area contributed by atoms with Crippen LogP contribution in [-0.4, -0.2) is 26.3 Å². The van der Waals surface area contributed by atoms with Gasteiger partial charge in [0.1, 0.15) is 5.03 Å². The summed E-state index contributed by atoms with van der Waals surface area (Å²) in [7, 11) is 1.68. The molecule has 0 unspecified atom stereocenters. The van der Waals surface area contributed by atoms with Crippen LogP contribution in [0.3, 0.4) is 0 Å². The lowest BCUT2D eigenvalue weighted by atomic mass is 10.3. The molecule has 0 bridgehead atoms. The number of nitrogens with zero attached hydrogens (tertiary/aromatic N) is 3. The van der Waals surface area contributed by atoms with Crippen molar-refractivity contribution in [2.75, 3.05) is 6.54 Å². The van der Waals surface area contributed by atoms with Crippen molar-refractivity contribution in [1.29, 1.82) is 0 Å². The predicted octanol–water partition coefficient (Wildman–Crippen LogP) is 0.764. The van der Waals surface area contributed by atoms with E-state index in [1.54, 1.807) is 13.2 Å². The highest BCUT2D eigenvalue weighted by atomic mass is 32.2. The standard InChI is InChI=1S/C11H15N5OS/c1-3-12-7-8-5-4-6-13-9(8)18-11-15-14-10(17)16(11)2/h4-6,12H,3,7H2,1-2H3,(H,14,17). The second-order valence-electron chi connectivity index (χ2n) is 3.72. The Balaban J connectivity index is 2.23. The smallest absolute Gasteiger partial charge is 0.313 e. The number of aromatic amines is 1. The van der Waals surface area contributed by atoms with Gasteiger partial charge in [-0.1, -0.05) is 13.0 Å². The lowest BCUT2D eigenvalue weighted by molar-refractivity contribution is 0.709. The maximum absolute atomic E-state index is 11.3. The zero-order valence-corrected chi connectivity index (χ0v) is 11.1. The third kappa shape index (κ3) is 2.80. The first-order chi connectivity index (χ1) is 8.72. The van der Waals surface area contributed by atoms with Gasteiger partial charge in [0.2, 0.25) is 0 Å². The van der Waals surface area contributed by atoms with E-state index in [9.17, 15) is 4.79 Å². The van der Waals surface area contributed by atoms with Crippen molar-refractivity contribution in [3.05, 3.63) is 34.4 Å². The Hall–Kier alpha value is -1.60. The van der Waals surface area contributed by atoms with Crippen LogP contribution in [0.4, 0.5) is 0 Å². The van der Waals surface area contributed by atoms with Gasteiger partial charge in [-0.3, -0.25) is 4.57 Å². The van der Waals surface area contributed by atoms with Crippen LogP contribution in [0.2, 0.25) is 0 Å². The Labute approximate surface area is 109 Å². The Morgan fingerprint density at radius 2 is 2.39 bits per heavy atom. The van der Waals surface area contributed by atoms with Crippen molar-refractivity contribution in [2.45, 2.75) is 23.7 Å². The van der Waals surface area contributed by atoms with Gasteiger partial charge in [0.15, 0.2) is 5.16 Å². The van der Waals surface area contributed by atoms with Crippen molar-refractivity contribution in [1.82, 2.24) is 25.1 Å². The highest BCUT2D eigenvalue weighted by Gasteiger charge is 2.10. The Kier molecular flexibility index (Phi) is 4.16. The minimum atomic E-state index is -0.221. The number of H-pyrrole nitrogens is 1. The van der Waals surface area contributed by atoms with Crippen LogP contribution in [0.5, 0.6) is 0 Å². The van der Waals surface area contributed by atoms with E-state index in [0.717, 1.165) is 23.7 Å². The Bertz CT molecular complexity index is 577. The maximum Gasteiger partial charge on any atom is 0.343 e. The lowest BCUT2D eigenvalue weighted by Gasteiger charge is -2.07. The molecular formula is C11H15N5OS. The Morgan fingerprint density at radius 1 is 1.56 bits per heavy atom. The van der Waals surface area contributed by atoms with Gasteiger partial charge < -0.3 is 5.32 Å². The molecule has 96 valence electrons. The maximum atomic E-state index is 11.3. The van der Waals surface area contributed by atoms with Gasteiger partial charge in [-0.25, -0.2) is 14.9 Å². The molecule has 6 nitrogen and oxygen atoms in total. The van der Waals surface area contributed by atoms with Crippen LogP contribution >= 0.6 is 11.8 Å². The van der Waals surface area contributed by atoms with Crippen LogP contribution in [0, 0.1) is 0 Å². The second kappa shape index (κ2) is 5.83. The molecule has 0 saturated heterocycles. The molecule has 2 heterocycles. The highest BCUT2D eigenvalue weighted by Crippen LogP contribution is 2.25. The summed E-state index contributed by atoms with van der Waals surface area (Å²) in [5, 5.41) is 11.1. The largest absolute Gasteiger partial charge is 0.343 e. The summed E-state index contributed by atoms with van der Waals surface area (Å²) in [6.07, 6.45) is 1.74. The quantitative estimate of drug-likeness (QED) is 0.835. The average molecular weight is 265 g/mol. The number of pyridine rings is 1. The molecule has 0 aliphatic heterocycles. The minimum absolute atomic E-state index is 0.221. The molecule has 0 fully saturated rings. The van der Waals surface area contributed by atoms with Crippen LogP contribution in [0.1, 0.15) is 12.5 Å². The Morgan fingerprint density at radius 3 is 3.06 bits per heavy atom. The summed E-state index contributed by atoms with van der Waals surface area (Å²) in [6.45, 7) is 3.71. The van der Waals surface area contributed by atoms with E-state index in [2.05, 4.69) is 27.4 Å². The number of rotatable bonds is 5. The molecule has 7 heteroatoms. The third-order valence-electron chi connectivity index (χ3n) is 2.44. The molecule has 0 spiro atoms. The molecule has 2 aromatic rings. The topological polar surface area (TPSA) is 75.6 Å². The van der Waals surface area contributed by atoms with Crippen LogP contribution in [0.25, 0.3) is 0 Å². The SMILES string of the molecule is CCNCc1cccnc1Sc1n[nH]c(=O)n1C. The van der Waals surface area contributed by atoms with E-state index >= 15 is 0 Å². The molecule has 0 saturated carbocycles. The highest BCUT2D eigenvalue weighted by molar-refractivity contribution is 7.99. The van der Waals surface area contributed by atoms with Gasteiger partial charge in [-0.15, -0.1) is 5.10 Å². The van der Waals surface area contributed by atoms with E-state index < -0.39 is 0 Å². The summed E-state index contributed by atoms with van der Waals surface area (Å²) in [5.41, 5.74) is 0.876. The van der Waals surface area contributed by atoms with Crippen LogP contribution in [0.15, 0.2) is 33.3 Å². The fourth-order valence-electron chi connectivity index (χ4n) is 1.42. The number of aromatic nitrogens is 4. The first-order valence-corrected chi connectivity index (χ1v) is 6.48. The summed E-state index contributed by atoms with van der Waals surface area (Å²) in [4.78, 5) is 15.6. The van der Waals surface area contributed by atoms with E-state index in [0.29, 0.717) is 5.16 Å². The first kappa shape index (κ1) is 12.8. The summed E-state index contributed by atoms with van der Waals surface area (Å²) < 4.78 is 1.47. The normalized spacial score (nSPS) is 10.8. The summed E-state index contributed by atoms with van der Waals surface area (Å²) in [5.74, 6) is 0. The minimum Gasteiger partial charge on any atom is -0.313 e. The molecule has 0 aliphatic carbocycles. The zero-order valence-electron chi connectivity index (χ0n) is 10.3. The van der Waals surface area contributed by atoms with Crippen molar-refractivity contribution < 1.29 is 0 Å². The fourth-order valence-corrected chi connectivity index (χ4v) is 2.29. The third-order valence-corrected chi connectivity index (χ3v) is 3.55. The van der Waals surface area contributed by atoms with E-state index in [1.807, 2.05) is 12.1 Å². The van der Waals surface area contributed by atoms with Gasteiger partial charge in [-0.2, -0.15) is 0 Å². The monoisotopic (exact) mass is 265 g/mol. The van der Waals surface area contributed by atoms with Crippen molar-refractivity contribution >= 4 is 11.8 Å². The van der Waals surface area contributed by atoms with Crippen molar-refractivity contribution in [3.63, 3.8) is 0 Å². The van der Waals surface area contributed by atoms with E-state index in [4.69, 9.17) is 0 Å². The van der Waals surface area contributed by atoms with Crippen molar-refractivity contribution in [2.24, 2.45) is 7.05 Å². The molecule has 0 amide bonds. The molecule has 0 aromatic carbocycles. The molecule has 0 aliphatic rings. The molecular weight excluding hydrogens is 250 g/mol.